The minimum absolute atomic E-state index is 0.0451. The molecule has 0 bridgehead atoms. The third kappa shape index (κ3) is 3.35. The van der Waals surface area contributed by atoms with Crippen molar-refractivity contribution in [1.82, 2.24) is 4.90 Å². The standard InChI is InChI=1S/C10H22N2O/c1-6-9(11)10(13)12(5)8(4)7(2)3/h7-9H,6,11H2,1-5H3/t8?,9-/m1/s1. The van der Waals surface area contributed by atoms with Gasteiger partial charge in [-0.15, -0.1) is 0 Å². The molecule has 2 atom stereocenters. The van der Waals surface area contributed by atoms with Crippen LogP contribution in [0.5, 0.6) is 0 Å². The van der Waals surface area contributed by atoms with Gasteiger partial charge in [0.15, 0.2) is 0 Å². The molecular formula is C10H22N2O. The first-order valence-electron chi connectivity index (χ1n) is 4.94. The summed E-state index contributed by atoms with van der Waals surface area (Å²) in [5, 5.41) is 0. The first-order chi connectivity index (χ1) is 5.91. The van der Waals surface area contributed by atoms with Crippen molar-refractivity contribution in [3.63, 3.8) is 0 Å². The number of hydrogen-bond donors (Lipinski definition) is 1. The molecule has 0 spiro atoms. The Balaban J connectivity index is 4.25. The van der Waals surface area contributed by atoms with E-state index in [0.29, 0.717) is 12.3 Å². The zero-order chi connectivity index (χ0) is 10.6. The first-order valence-corrected chi connectivity index (χ1v) is 4.94. The molecule has 1 unspecified atom stereocenters. The highest BCUT2D eigenvalue weighted by Gasteiger charge is 2.22. The summed E-state index contributed by atoms with van der Waals surface area (Å²) in [6.45, 7) is 8.18. The molecule has 0 aromatic heterocycles. The van der Waals surface area contributed by atoms with Gasteiger partial charge in [0.1, 0.15) is 0 Å². The largest absolute Gasteiger partial charge is 0.341 e. The van der Waals surface area contributed by atoms with E-state index in [-0.39, 0.29) is 18.0 Å². The Hall–Kier alpha value is -0.570. The van der Waals surface area contributed by atoms with E-state index in [2.05, 4.69) is 13.8 Å². The summed E-state index contributed by atoms with van der Waals surface area (Å²) in [5.41, 5.74) is 5.66. The van der Waals surface area contributed by atoms with Crippen molar-refractivity contribution in [1.29, 1.82) is 0 Å². The Morgan fingerprint density at radius 2 is 1.85 bits per heavy atom. The molecule has 0 saturated heterocycles. The van der Waals surface area contributed by atoms with Gasteiger partial charge in [-0.1, -0.05) is 20.8 Å². The Labute approximate surface area is 81.3 Å². The van der Waals surface area contributed by atoms with E-state index in [0.717, 1.165) is 0 Å². The number of amides is 1. The van der Waals surface area contributed by atoms with Gasteiger partial charge in [-0.3, -0.25) is 4.79 Å². The van der Waals surface area contributed by atoms with Crippen LogP contribution in [0.4, 0.5) is 0 Å². The van der Waals surface area contributed by atoms with Gasteiger partial charge < -0.3 is 10.6 Å². The van der Waals surface area contributed by atoms with Gasteiger partial charge in [-0.05, 0) is 19.3 Å². The first kappa shape index (κ1) is 12.4. The van der Waals surface area contributed by atoms with E-state index in [1.54, 1.807) is 4.90 Å². The van der Waals surface area contributed by atoms with Crippen LogP contribution in [0.3, 0.4) is 0 Å². The molecule has 0 fully saturated rings. The number of nitrogens with two attached hydrogens (primary N) is 1. The lowest BCUT2D eigenvalue weighted by Crippen LogP contribution is -2.46. The van der Waals surface area contributed by atoms with Crippen molar-refractivity contribution in [2.45, 2.75) is 46.2 Å². The average molecular weight is 186 g/mol. The molecular weight excluding hydrogens is 164 g/mol. The van der Waals surface area contributed by atoms with Gasteiger partial charge in [0.25, 0.3) is 0 Å². The van der Waals surface area contributed by atoms with Crippen LogP contribution in [0, 0.1) is 5.92 Å². The van der Waals surface area contributed by atoms with E-state index in [9.17, 15) is 4.79 Å². The molecule has 0 aromatic rings. The van der Waals surface area contributed by atoms with Gasteiger partial charge in [-0.25, -0.2) is 0 Å². The lowest BCUT2D eigenvalue weighted by Gasteiger charge is -2.29. The van der Waals surface area contributed by atoms with Crippen LogP contribution in [0.2, 0.25) is 0 Å². The maximum absolute atomic E-state index is 11.6. The van der Waals surface area contributed by atoms with Gasteiger partial charge in [0, 0.05) is 13.1 Å². The molecule has 0 heterocycles. The summed E-state index contributed by atoms with van der Waals surface area (Å²) in [6.07, 6.45) is 0.702. The molecule has 0 rings (SSSR count). The Morgan fingerprint density at radius 1 is 1.38 bits per heavy atom. The van der Waals surface area contributed by atoms with Crippen LogP contribution in [0.15, 0.2) is 0 Å². The molecule has 0 aromatic carbocycles. The molecule has 0 aliphatic heterocycles. The normalized spacial score (nSPS) is 15.6. The predicted molar refractivity (Wildman–Crippen MR) is 55.3 cm³/mol. The van der Waals surface area contributed by atoms with E-state index in [1.165, 1.54) is 0 Å². The number of hydrogen-bond acceptors (Lipinski definition) is 2. The second kappa shape index (κ2) is 5.22. The maximum Gasteiger partial charge on any atom is 0.239 e. The lowest BCUT2D eigenvalue weighted by molar-refractivity contribution is -0.133. The highest BCUT2D eigenvalue weighted by atomic mass is 16.2. The van der Waals surface area contributed by atoms with Gasteiger partial charge in [0.05, 0.1) is 6.04 Å². The third-order valence-corrected chi connectivity index (χ3v) is 2.68. The van der Waals surface area contributed by atoms with Crippen LogP contribution >= 0.6 is 0 Å². The fraction of sp³-hybridized carbons (Fsp3) is 0.900. The van der Waals surface area contributed by atoms with E-state index in [4.69, 9.17) is 5.73 Å². The smallest absolute Gasteiger partial charge is 0.239 e. The Morgan fingerprint density at radius 3 is 2.15 bits per heavy atom. The Bertz CT molecular complexity index is 168. The monoisotopic (exact) mass is 186 g/mol. The highest BCUT2D eigenvalue weighted by molar-refractivity contribution is 5.81. The topological polar surface area (TPSA) is 46.3 Å². The minimum atomic E-state index is -0.341. The van der Waals surface area contributed by atoms with Crippen molar-refractivity contribution in [3.8, 4) is 0 Å². The van der Waals surface area contributed by atoms with Crippen molar-refractivity contribution in [2.24, 2.45) is 11.7 Å². The van der Waals surface area contributed by atoms with Gasteiger partial charge in [0.2, 0.25) is 5.91 Å². The van der Waals surface area contributed by atoms with E-state index in [1.807, 2.05) is 20.9 Å². The molecule has 0 aliphatic carbocycles. The van der Waals surface area contributed by atoms with Crippen molar-refractivity contribution in [2.75, 3.05) is 7.05 Å². The second-order valence-corrected chi connectivity index (χ2v) is 3.95. The summed E-state index contributed by atoms with van der Waals surface area (Å²) in [5.74, 6) is 0.515. The molecule has 3 heteroatoms. The molecule has 1 amide bonds. The quantitative estimate of drug-likeness (QED) is 0.717. The highest BCUT2D eigenvalue weighted by Crippen LogP contribution is 2.09. The van der Waals surface area contributed by atoms with Gasteiger partial charge >= 0.3 is 0 Å². The molecule has 0 aliphatic rings. The molecule has 0 radical (unpaired) electrons. The average Bonchev–Trinajstić information content (AvgIpc) is 2.12. The zero-order valence-electron chi connectivity index (χ0n) is 9.37. The molecule has 13 heavy (non-hydrogen) atoms. The number of likely N-dealkylation sites (N-methyl/N-ethyl adjacent to an activating group) is 1. The number of carbonyl (C=O) groups is 1. The van der Waals surface area contributed by atoms with Crippen LogP contribution < -0.4 is 5.73 Å². The Kier molecular flexibility index (Phi) is 4.99. The predicted octanol–water partition coefficient (Wildman–Crippen LogP) is 1.23. The molecule has 0 saturated carbocycles. The fourth-order valence-electron chi connectivity index (χ4n) is 1.08. The van der Waals surface area contributed by atoms with Crippen LogP contribution in [0.1, 0.15) is 34.1 Å². The second-order valence-electron chi connectivity index (χ2n) is 3.95. The summed E-state index contributed by atoms with van der Waals surface area (Å²) in [4.78, 5) is 13.4. The number of carbonyl (C=O) groups excluding carboxylic acids is 1. The van der Waals surface area contributed by atoms with E-state index >= 15 is 0 Å². The number of nitrogens with zero attached hydrogens (tertiary/aromatic N) is 1. The zero-order valence-corrected chi connectivity index (χ0v) is 9.37. The van der Waals surface area contributed by atoms with Crippen molar-refractivity contribution < 1.29 is 4.79 Å². The number of rotatable bonds is 4. The molecule has 3 nitrogen and oxygen atoms in total. The summed E-state index contributed by atoms with van der Waals surface area (Å²) in [6, 6.07) is -0.0868. The maximum atomic E-state index is 11.6. The lowest BCUT2D eigenvalue weighted by atomic mass is 10.0. The van der Waals surface area contributed by atoms with Crippen molar-refractivity contribution in [3.05, 3.63) is 0 Å². The molecule has 78 valence electrons. The SMILES string of the molecule is CC[C@@H](N)C(=O)N(C)C(C)C(C)C. The minimum Gasteiger partial charge on any atom is -0.341 e. The summed E-state index contributed by atoms with van der Waals surface area (Å²) in [7, 11) is 1.82. The van der Waals surface area contributed by atoms with Gasteiger partial charge in [-0.2, -0.15) is 0 Å². The van der Waals surface area contributed by atoms with Crippen LogP contribution in [-0.4, -0.2) is 29.9 Å². The molecule has 2 N–H and O–H groups in total. The summed E-state index contributed by atoms with van der Waals surface area (Å²) < 4.78 is 0. The van der Waals surface area contributed by atoms with Crippen molar-refractivity contribution >= 4 is 5.91 Å². The van der Waals surface area contributed by atoms with Crippen LogP contribution in [0.25, 0.3) is 0 Å². The van der Waals surface area contributed by atoms with Crippen LogP contribution in [-0.2, 0) is 4.79 Å². The summed E-state index contributed by atoms with van der Waals surface area (Å²) >= 11 is 0. The third-order valence-electron chi connectivity index (χ3n) is 2.68. The van der Waals surface area contributed by atoms with E-state index < -0.39 is 0 Å². The fourth-order valence-corrected chi connectivity index (χ4v) is 1.08.